The van der Waals surface area contributed by atoms with Crippen molar-refractivity contribution in [1.29, 1.82) is 0 Å². The molecule has 4 nitrogen and oxygen atoms in total. The van der Waals surface area contributed by atoms with E-state index in [9.17, 15) is 4.39 Å². The summed E-state index contributed by atoms with van der Waals surface area (Å²) in [6.45, 7) is 3.72. The molecule has 1 heterocycles. The molecule has 0 aliphatic carbocycles. The fourth-order valence-electron chi connectivity index (χ4n) is 2.76. The van der Waals surface area contributed by atoms with Crippen LogP contribution >= 0.6 is 0 Å². The van der Waals surface area contributed by atoms with Gasteiger partial charge < -0.3 is 0 Å². The van der Waals surface area contributed by atoms with Gasteiger partial charge in [0.15, 0.2) is 0 Å². The Morgan fingerprint density at radius 2 is 2.05 bits per heavy atom. The van der Waals surface area contributed by atoms with Crippen LogP contribution in [0.4, 0.5) is 4.39 Å². The summed E-state index contributed by atoms with van der Waals surface area (Å²) in [5, 5.41) is 3.61. The molecule has 0 N–H and O–H groups in total. The topological polar surface area (TPSA) is 52.0 Å². The Kier molecular flexibility index (Phi) is 4.77. The summed E-state index contributed by atoms with van der Waals surface area (Å²) in [6.07, 6.45) is 0. The molecule has 0 aromatic heterocycles. The summed E-state index contributed by atoms with van der Waals surface area (Å²) in [6, 6.07) is 10.5. The molecule has 0 amide bonds. The average molecular weight is 262 g/mol. The van der Waals surface area contributed by atoms with E-state index in [1.807, 2.05) is 18.2 Å². The van der Waals surface area contributed by atoms with Crippen LogP contribution in [0, 0.1) is 11.8 Å². The molecule has 1 saturated heterocycles. The van der Waals surface area contributed by atoms with Crippen molar-refractivity contribution in [3.8, 4) is 0 Å². The Morgan fingerprint density at radius 1 is 1.37 bits per heavy atom. The number of hydrogen-bond acceptors (Lipinski definition) is 2. The van der Waals surface area contributed by atoms with Crippen molar-refractivity contribution in [2.45, 2.75) is 13.0 Å². The van der Waals surface area contributed by atoms with E-state index in [-0.39, 0.29) is 24.6 Å². The van der Waals surface area contributed by atoms with Crippen LogP contribution in [0.1, 0.15) is 18.5 Å². The Bertz CT molecular complexity index is 444. The van der Waals surface area contributed by atoms with E-state index < -0.39 is 0 Å². The lowest BCUT2D eigenvalue weighted by Gasteiger charge is -2.24. The van der Waals surface area contributed by atoms with Gasteiger partial charge in [-0.3, -0.25) is 9.29 Å². The van der Waals surface area contributed by atoms with Gasteiger partial charge in [-0.05, 0) is 23.9 Å². The Morgan fingerprint density at radius 3 is 2.68 bits per heavy atom. The van der Waals surface area contributed by atoms with Crippen LogP contribution in [0.25, 0.3) is 10.4 Å². The van der Waals surface area contributed by atoms with Gasteiger partial charge in [-0.1, -0.05) is 35.4 Å². The largest absolute Gasteiger partial charge is 0.296 e. The molecule has 2 rings (SSSR count). The number of hydrogen-bond donors (Lipinski definition) is 0. The molecule has 1 fully saturated rings. The molecule has 3 atom stereocenters. The normalized spacial score (nSPS) is 24.9. The summed E-state index contributed by atoms with van der Waals surface area (Å²) in [5.74, 6) is 0.115. The molecule has 1 aliphatic rings. The number of halogens is 1. The average Bonchev–Trinajstić information content (AvgIpc) is 2.88. The molecule has 0 spiro atoms. The predicted octanol–water partition coefficient (Wildman–Crippen LogP) is 3.58. The molecule has 1 aliphatic heterocycles. The van der Waals surface area contributed by atoms with Crippen LogP contribution in [0.5, 0.6) is 0 Å². The van der Waals surface area contributed by atoms with Crippen LogP contribution in [-0.4, -0.2) is 31.2 Å². The lowest BCUT2D eigenvalue weighted by molar-refractivity contribution is 0.243. The van der Waals surface area contributed by atoms with E-state index in [2.05, 4.69) is 34.0 Å². The third-order valence-electron chi connectivity index (χ3n) is 4.01. The number of rotatable bonds is 5. The minimum atomic E-state index is -0.344. The Hall–Kier alpha value is -1.58. The third-order valence-corrected chi connectivity index (χ3v) is 4.01. The van der Waals surface area contributed by atoms with Crippen LogP contribution in [0.15, 0.2) is 35.4 Å². The van der Waals surface area contributed by atoms with Gasteiger partial charge in [0.25, 0.3) is 0 Å². The molecular formula is C14H19FN4. The van der Waals surface area contributed by atoms with Crippen LogP contribution in [0.3, 0.4) is 0 Å². The van der Waals surface area contributed by atoms with Crippen molar-refractivity contribution in [2.24, 2.45) is 17.0 Å². The van der Waals surface area contributed by atoms with Gasteiger partial charge in [0, 0.05) is 36.5 Å². The number of likely N-dealkylation sites (tertiary alicyclic amines) is 1. The number of benzene rings is 1. The zero-order valence-electron chi connectivity index (χ0n) is 11.1. The first kappa shape index (κ1) is 13.8. The molecular weight excluding hydrogens is 243 g/mol. The van der Waals surface area contributed by atoms with Gasteiger partial charge in [0.05, 0.1) is 6.67 Å². The summed E-state index contributed by atoms with van der Waals surface area (Å²) >= 11 is 0. The zero-order valence-corrected chi connectivity index (χ0v) is 11.1. The second-order valence-electron chi connectivity index (χ2n) is 5.13. The van der Waals surface area contributed by atoms with Gasteiger partial charge >= 0.3 is 0 Å². The minimum Gasteiger partial charge on any atom is -0.296 e. The van der Waals surface area contributed by atoms with E-state index in [0.29, 0.717) is 6.54 Å². The minimum absolute atomic E-state index is 0.0170. The number of alkyl halides is 1. The van der Waals surface area contributed by atoms with Gasteiger partial charge in [-0.2, -0.15) is 0 Å². The standard InChI is InChI=1S/C14H19FN4/c1-11(12-5-3-2-4-6-12)19-9-13(7-15)14(10-19)8-17-18-16/h2-6,11,13-14H,7-10H2,1H3/t11-,13-,14-/m0/s1. The Labute approximate surface area is 112 Å². The number of nitrogens with zero attached hydrogens (tertiary/aromatic N) is 4. The molecule has 102 valence electrons. The lowest BCUT2D eigenvalue weighted by atomic mass is 9.98. The molecule has 0 radical (unpaired) electrons. The maximum atomic E-state index is 13.1. The molecule has 1 aromatic rings. The highest BCUT2D eigenvalue weighted by Gasteiger charge is 2.34. The second-order valence-corrected chi connectivity index (χ2v) is 5.13. The highest BCUT2D eigenvalue weighted by molar-refractivity contribution is 5.18. The fraction of sp³-hybridized carbons (Fsp3) is 0.571. The van der Waals surface area contributed by atoms with E-state index in [4.69, 9.17) is 5.53 Å². The van der Waals surface area contributed by atoms with Crippen molar-refractivity contribution in [1.82, 2.24) is 4.90 Å². The molecule has 5 heteroatoms. The predicted molar refractivity (Wildman–Crippen MR) is 73.4 cm³/mol. The molecule has 19 heavy (non-hydrogen) atoms. The molecule has 0 bridgehead atoms. The van der Waals surface area contributed by atoms with Crippen LogP contribution in [-0.2, 0) is 0 Å². The summed E-state index contributed by atoms with van der Waals surface area (Å²) in [7, 11) is 0. The lowest BCUT2D eigenvalue weighted by Crippen LogP contribution is -2.25. The smallest absolute Gasteiger partial charge is 0.0937 e. The van der Waals surface area contributed by atoms with E-state index in [0.717, 1.165) is 13.1 Å². The van der Waals surface area contributed by atoms with Crippen molar-refractivity contribution in [2.75, 3.05) is 26.3 Å². The first-order valence-electron chi connectivity index (χ1n) is 6.62. The highest BCUT2D eigenvalue weighted by Crippen LogP contribution is 2.31. The summed E-state index contributed by atoms with van der Waals surface area (Å²) in [4.78, 5) is 5.05. The maximum Gasteiger partial charge on any atom is 0.0937 e. The third kappa shape index (κ3) is 3.25. The van der Waals surface area contributed by atoms with Crippen molar-refractivity contribution < 1.29 is 4.39 Å². The second kappa shape index (κ2) is 6.55. The van der Waals surface area contributed by atoms with Crippen molar-refractivity contribution in [3.63, 3.8) is 0 Å². The maximum absolute atomic E-state index is 13.1. The summed E-state index contributed by atoms with van der Waals surface area (Å²) in [5.41, 5.74) is 9.63. The van der Waals surface area contributed by atoms with Gasteiger partial charge in [-0.25, -0.2) is 0 Å². The van der Waals surface area contributed by atoms with E-state index >= 15 is 0 Å². The van der Waals surface area contributed by atoms with Crippen molar-refractivity contribution in [3.05, 3.63) is 46.3 Å². The van der Waals surface area contributed by atoms with Gasteiger partial charge in [0.1, 0.15) is 0 Å². The summed E-state index contributed by atoms with van der Waals surface area (Å²) < 4.78 is 13.1. The van der Waals surface area contributed by atoms with Crippen LogP contribution in [0.2, 0.25) is 0 Å². The van der Waals surface area contributed by atoms with E-state index in [1.165, 1.54) is 5.56 Å². The fourth-order valence-corrected chi connectivity index (χ4v) is 2.76. The first-order chi connectivity index (χ1) is 9.26. The van der Waals surface area contributed by atoms with Gasteiger partial charge in [-0.15, -0.1) is 0 Å². The van der Waals surface area contributed by atoms with E-state index in [1.54, 1.807) is 0 Å². The Balaban J connectivity index is 2.04. The molecule has 1 aromatic carbocycles. The highest BCUT2D eigenvalue weighted by atomic mass is 19.1. The SMILES string of the molecule is C[C@@H](c1ccccc1)N1C[C@H](CF)[C@@H](CN=[N+]=[N-])C1. The first-order valence-corrected chi connectivity index (χ1v) is 6.62. The van der Waals surface area contributed by atoms with Crippen molar-refractivity contribution >= 4 is 0 Å². The monoisotopic (exact) mass is 262 g/mol. The number of azide groups is 1. The van der Waals surface area contributed by atoms with Crippen LogP contribution < -0.4 is 0 Å². The zero-order chi connectivity index (χ0) is 13.7. The van der Waals surface area contributed by atoms with Gasteiger partial charge in [0.2, 0.25) is 0 Å². The molecule has 0 saturated carbocycles. The quantitative estimate of drug-likeness (QED) is 0.454. The molecule has 0 unspecified atom stereocenters.